The van der Waals surface area contributed by atoms with Gasteiger partial charge < -0.3 is 5.73 Å². The average molecular weight is 261 g/mol. The molecule has 0 fully saturated rings. The highest BCUT2D eigenvalue weighted by atomic mass is 15.2. The molecular formula is C17H15N3. The van der Waals surface area contributed by atoms with E-state index in [4.69, 9.17) is 5.73 Å². The van der Waals surface area contributed by atoms with Crippen molar-refractivity contribution in [1.82, 2.24) is 4.98 Å². The van der Waals surface area contributed by atoms with E-state index in [1.54, 1.807) is 6.07 Å². The van der Waals surface area contributed by atoms with E-state index in [2.05, 4.69) is 34.1 Å². The third-order valence-electron chi connectivity index (χ3n) is 3.01. The van der Waals surface area contributed by atoms with Gasteiger partial charge in [-0.2, -0.15) is 0 Å². The van der Waals surface area contributed by atoms with Gasteiger partial charge in [-0.25, -0.2) is 4.98 Å². The lowest BCUT2D eigenvalue weighted by atomic mass is 10.2. The molecule has 0 spiro atoms. The lowest BCUT2D eigenvalue weighted by Gasteiger charge is -2.24. The largest absolute Gasteiger partial charge is 0.384 e. The van der Waals surface area contributed by atoms with E-state index in [0.717, 1.165) is 17.2 Å². The Labute approximate surface area is 118 Å². The van der Waals surface area contributed by atoms with Crippen LogP contribution in [-0.2, 0) is 0 Å². The van der Waals surface area contributed by atoms with Gasteiger partial charge in [0, 0.05) is 11.4 Å². The Bertz CT molecular complexity index is 641. The molecule has 0 unspecified atom stereocenters. The first-order valence-corrected chi connectivity index (χ1v) is 6.47. The van der Waals surface area contributed by atoms with Crippen LogP contribution in [-0.4, -0.2) is 4.98 Å². The lowest BCUT2D eigenvalue weighted by Crippen LogP contribution is -2.11. The molecule has 0 saturated heterocycles. The molecule has 3 rings (SSSR count). The van der Waals surface area contributed by atoms with Gasteiger partial charge in [-0.1, -0.05) is 42.5 Å². The summed E-state index contributed by atoms with van der Waals surface area (Å²) in [6.07, 6.45) is 0. The number of nitrogens with two attached hydrogens (primary N) is 1. The molecule has 2 aromatic carbocycles. The standard InChI is InChI=1S/C17H15N3/c18-16-12-7-13-17(19-16)20(14-8-3-1-4-9-14)15-10-5-2-6-11-15/h1-13H,(H2,18,19). The molecule has 3 heteroatoms. The number of aromatic nitrogens is 1. The zero-order chi connectivity index (χ0) is 13.8. The van der Waals surface area contributed by atoms with Crippen LogP contribution >= 0.6 is 0 Å². The zero-order valence-electron chi connectivity index (χ0n) is 11.0. The summed E-state index contributed by atoms with van der Waals surface area (Å²) in [6, 6.07) is 25.9. The van der Waals surface area contributed by atoms with Crippen molar-refractivity contribution in [3.63, 3.8) is 0 Å². The van der Waals surface area contributed by atoms with E-state index in [1.807, 2.05) is 48.5 Å². The minimum absolute atomic E-state index is 0.513. The molecule has 98 valence electrons. The molecule has 2 N–H and O–H groups in total. The van der Waals surface area contributed by atoms with Crippen LogP contribution in [0.25, 0.3) is 0 Å². The summed E-state index contributed by atoms with van der Waals surface area (Å²) in [5.74, 6) is 1.32. The summed E-state index contributed by atoms with van der Waals surface area (Å²) >= 11 is 0. The summed E-state index contributed by atoms with van der Waals surface area (Å²) < 4.78 is 0. The molecule has 3 nitrogen and oxygen atoms in total. The maximum absolute atomic E-state index is 5.81. The molecule has 0 bridgehead atoms. The topological polar surface area (TPSA) is 42.1 Å². The van der Waals surface area contributed by atoms with E-state index >= 15 is 0 Å². The van der Waals surface area contributed by atoms with Crippen LogP contribution in [0.4, 0.5) is 23.0 Å². The highest BCUT2D eigenvalue weighted by Gasteiger charge is 2.12. The summed E-state index contributed by atoms with van der Waals surface area (Å²) in [7, 11) is 0. The van der Waals surface area contributed by atoms with E-state index in [9.17, 15) is 0 Å². The van der Waals surface area contributed by atoms with Crippen LogP contribution in [0.3, 0.4) is 0 Å². The fourth-order valence-corrected chi connectivity index (χ4v) is 2.13. The summed E-state index contributed by atoms with van der Waals surface area (Å²) in [5, 5.41) is 0. The van der Waals surface area contributed by atoms with Gasteiger partial charge in [0.15, 0.2) is 0 Å². The molecule has 3 aromatic rings. The Kier molecular flexibility index (Phi) is 3.33. The Hall–Kier alpha value is -2.81. The molecule has 1 aromatic heterocycles. The van der Waals surface area contributed by atoms with Gasteiger partial charge in [0.25, 0.3) is 0 Å². The number of nitrogen functional groups attached to an aromatic ring is 1. The van der Waals surface area contributed by atoms with Crippen molar-refractivity contribution in [1.29, 1.82) is 0 Å². The first-order valence-electron chi connectivity index (χ1n) is 6.47. The molecule has 20 heavy (non-hydrogen) atoms. The predicted molar refractivity (Wildman–Crippen MR) is 83.3 cm³/mol. The summed E-state index contributed by atoms with van der Waals surface area (Å²) in [5.41, 5.74) is 7.92. The molecule has 0 aliphatic carbocycles. The van der Waals surface area contributed by atoms with Crippen LogP contribution in [0.15, 0.2) is 78.9 Å². The lowest BCUT2D eigenvalue weighted by molar-refractivity contribution is 1.19. The first-order chi connectivity index (χ1) is 9.84. The second-order valence-electron chi connectivity index (χ2n) is 4.43. The number of rotatable bonds is 3. The predicted octanol–water partition coefficient (Wildman–Crippen LogP) is 4.13. The fourth-order valence-electron chi connectivity index (χ4n) is 2.13. The van der Waals surface area contributed by atoms with Crippen LogP contribution < -0.4 is 10.6 Å². The molecule has 0 aliphatic heterocycles. The van der Waals surface area contributed by atoms with Crippen molar-refractivity contribution in [2.24, 2.45) is 0 Å². The van der Waals surface area contributed by atoms with Crippen LogP contribution in [0, 0.1) is 0 Å². The molecule has 0 radical (unpaired) electrons. The van der Waals surface area contributed by atoms with Gasteiger partial charge in [-0.15, -0.1) is 0 Å². The van der Waals surface area contributed by atoms with Crippen molar-refractivity contribution in [3.05, 3.63) is 78.9 Å². The molecule has 0 saturated carbocycles. The Morgan fingerprint density at radius 3 is 1.70 bits per heavy atom. The normalized spacial score (nSPS) is 10.2. The van der Waals surface area contributed by atoms with E-state index in [-0.39, 0.29) is 0 Å². The molecule has 0 aliphatic rings. The maximum atomic E-state index is 5.81. The van der Waals surface area contributed by atoms with E-state index < -0.39 is 0 Å². The second kappa shape index (κ2) is 5.45. The summed E-state index contributed by atoms with van der Waals surface area (Å²) in [6.45, 7) is 0. The molecular weight excluding hydrogens is 246 g/mol. The van der Waals surface area contributed by atoms with Crippen molar-refractivity contribution in [3.8, 4) is 0 Å². The van der Waals surface area contributed by atoms with E-state index in [0.29, 0.717) is 5.82 Å². The third kappa shape index (κ3) is 2.47. The van der Waals surface area contributed by atoms with Crippen molar-refractivity contribution >= 4 is 23.0 Å². The Morgan fingerprint density at radius 2 is 1.20 bits per heavy atom. The van der Waals surface area contributed by atoms with Gasteiger partial charge in [-0.3, -0.25) is 4.90 Å². The Morgan fingerprint density at radius 1 is 0.650 bits per heavy atom. The SMILES string of the molecule is Nc1cccc(N(c2ccccc2)c2ccccc2)n1. The maximum Gasteiger partial charge on any atom is 0.139 e. The molecule has 0 atom stereocenters. The van der Waals surface area contributed by atoms with Gasteiger partial charge in [0.1, 0.15) is 11.6 Å². The quantitative estimate of drug-likeness (QED) is 0.770. The van der Waals surface area contributed by atoms with Crippen molar-refractivity contribution < 1.29 is 0 Å². The number of para-hydroxylation sites is 2. The van der Waals surface area contributed by atoms with Crippen LogP contribution in [0.1, 0.15) is 0 Å². The summed E-state index contributed by atoms with van der Waals surface area (Å²) in [4.78, 5) is 6.51. The molecule has 1 heterocycles. The van der Waals surface area contributed by atoms with Gasteiger partial charge >= 0.3 is 0 Å². The van der Waals surface area contributed by atoms with Crippen molar-refractivity contribution in [2.75, 3.05) is 10.6 Å². The van der Waals surface area contributed by atoms with E-state index in [1.165, 1.54) is 0 Å². The zero-order valence-corrected chi connectivity index (χ0v) is 11.0. The smallest absolute Gasteiger partial charge is 0.139 e. The number of hydrogen-bond acceptors (Lipinski definition) is 3. The highest BCUT2D eigenvalue weighted by Crippen LogP contribution is 2.32. The minimum Gasteiger partial charge on any atom is -0.384 e. The van der Waals surface area contributed by atoms with Crippen molar-refractivity contribution in [2.45, 2.75) is 0 Å². The second-order valence-corrected chi connectivity index (χ2v) is 4.43. The molecule has 0 amide bonds. The first kappa shape index (κ1) is 12.2. The van der Waals surface area contributed by atoms with Crippen LogP contribution in [0.5, 0.6) is 0 Å². The number of hydrogen-bond donors (Lipinski definition) is 1. The Balaban J connectivity index is 2.14. The number of anilines is 4. The third-order valence-corrected chi connectivity index (χ3v) is 3.01. The number of pyridine rings is 1. The minimum atomic E-state index is 0.513. The van der Waals surface area contributed by atoms with Gasteiger partial charge in [-0.05, 0) is 36.4 Å². The number of benzene rings is 2. The monoisotopic (exact) mass is 261 g/mol. The fraction of sp³-hybridized carbons (Fsp3) is 0. The average Bonchev–Trinajstić information content (AvgIpc) is 2.50. The van der Waals surface area contributed by atoms with Crippen LogP contribution in [0.2, 0.25) is 0 Å². The van der Waals surface area contributed by atoms with Gasteiger partial charge in [0.2, 0.25) is 0 Å². The van der Waals surface area contributed by atoms with Gasteiger partial charge in [0.05, 0.1) is 0 Å². The number of nitrogens with zero attached hydrogens (tertiary/aromatic N) is 2. The highest BCUT2D eigenvalue weighted by molar-refractivity contribution is 5.74.